The van der Waals surface area contributed by atoms with E-state index in [-0.39, 0.29) is 5.92 Å². The van der Waals surface area contributed by atoms with Crippen molar-refractivity contribution in [1.82, 2.24) is 9.97 Å². The van der Waals surface area contributed by atoms with Gasteiger partial charge in [-0.05, 0) is 18.8 Å². The molecule has 1 aromatic heterocycles. The van der Waals surface area contributed by atoms with Crippen LogP contribution in [0.15, 0.2) is 12.4 Å². The topological polar surface area (TPSA) is 62.0 Å². The van der Waals surface area contributed by atoms with E-state index in [2.05, 4.69) is 32.8 Å². The second kappa shape index (κ2) is 6.72. The first-order chi connectivity index (χ1) is 9.33. The van der Waals surface area contributed by atoms with Gasteiger partial charge in [-0.3, -0.25) is 4.98 Å². The summed E-state index contributed by atoms with van der Waals surface area (Å²) in [6, 6.07) is 2.32. The maximum absolute atomic E-state index is 8.89. The summed E-state index contributed by atoms with van der Waals surface area (Å²) in [5, 5.41) is 8.89. The predicted octanol–water partition coefficient (Wildman–Crippen LogP) is 1.21. The first-order valence-corrected chi connectivity index (χ1v) is 6.28. The summed E-state index contributed by atoms with van der Waals surface area (Å²) in [5.74, 6) is 6.79. The van der Waals surface area contributed by atoms with Gasteiger partial charge in [-0.2, -0.15) is 5.26 Å². The standard InChI is InChI=1S/C14H16N4O/c1-19-8-2-3-13-10-16-11-14(17-13)18-6-4-12(9-15)5-7-18/h10-12H,4-8H2,1H3. The molecule has 2 rings (SSSR count). The van der Waals surface area contributed by atoms with Crippen molar-refractivity contribution in [3.8, 4) is 17.9 Å². The highest BCUT2D eigenvalue weighted by atomic mass is 16.5. The van der Waals surface area contributed by atoms with Gasteiger partial charge in [0, 0.05) is 26.1 Å². The molecule has 98 valence electrons. The van der Waals surface area contributed by atoms with Crippen molar-refractivity contribution >= 4 is 5.82 Å². The molecule has 0 aromatic carbocycles. The van der Waals surface area contributed by atoms with Gasteiger partial charge < -0.3 is 9.64 Å². The SMILES string of the molecule is COCC#Cc1cncc(N2CCC(C#N)CC2)n1. The molecule has 0 atom stereocenters. The van der Waals surface area contributed by atoms with E-state index in [4.69, 9.17) is 10.00 Å². The number of hydrogen-bond acceptors (Lipinski definition) is 5. The molecular formula is C14H16N4O. The van der Waals surface area contributed by atoms with E-state index in [0.717, 1.165) is 31.7 Å². The number of methoxy groups -OCH3 is 1. The fourth-order valence-corrected chi connectivity index (χ4v) is 2.00. The summed E-state index contributed by atoms with van der Waals surface area (Å²) >= 11 is 0. The molecule has 0 saturated carbocycles. The molecule has 0 aliphatic carbocycles. The van der Waals surface area contributed by atoms with Crippen LogP contribution in [-0.2, 0) is 4.74 Å². The van der Waals surface area contributed by atoms with Gasteiger partial charge in [0.05, 0.1) is 18.5 Å². The normalized spacial score (nSPS) is 15.5. The summed E-state index contributed by atoms with van der Waals surface area (Å²) in [4.78, 5) is 10.8. The van der Waals surface area contributed by atoms with E-state index < -0.39 is 0 Å². The molecule has 1 saturated heterocycles. The highest BCUT2D eigenvalue weighted by Crippen LogP contribution is 2.20. The van der Waals surface area contributed by atoms with Crippen LogP contribution < -0.4 is 4.90 Å². The second-order valence-electron chi connectivity index (χ2n) is 4.39. The molecule has 0 spiro atoms. The lowest BCUT2D eigenvalue weighted by Gasteiger charge is -2.29. The molecule has 5 heteroatoms. The first-order valence-electron chi connectivity index (χ1n) is 6.28. The van der Waals surface area contributed by atoms with Crippen LogP contribution >= 0.6 is 0 Å². The quantitative estimate of drug-likeness (QED) is 0.744. The highest BCUT2D eigenvalue weighted by Gasteiger charge is 2.19. The zero-order chi connectivity index (χ0) is 13.5. The molecule has 1 aliphatic heterocycles. The van der Waals surface area contributed by atoms with Crippen LogP contribution in [0.5, 0.6) is 0 Å². The lowest BCUT2D eigenvalue weighted by atomic mass is 9.99. The third-order valence-electron chi connectivity index (χ3n) is 3.06. The summed E-state index contributed by atoms with van der Waals surface area (Å²) in [5.41, 5.74) is 0.650. The Bertz CT molecular complexity index is 518. The van der Waals surface area contributed by atoms with Crippen LogP contribution in [0, 0.1) is 29.1 Å². The van der Waals surface area contributed by atoms with Crippen LogP contribution in [-0.4, -0.2) is 36.8 Å². The van der Waals surface area contributed by atoms with E-state index in [1.54, 1.807) is 19.5 Å². The van der Waals surface area contributed by atoms with Crippen LogP contribution in [0.1, 0.15) is 18.5 Å². The molecule has 0 N–H and O–H groups in total. The maximum atomic E-state index is 8.89. The molecule has 0 amide bonds. The minimum absolute atomic E-state index is 0.175. The van der Waals surface area contributed by atoms with Crippen molar-refractivity contribution in [2.24, 2.45) is 5.92 Å². The zero-order valence-electron chi connectivity index (χ0n) is 11.0. The van der Waals surface area contributed by atoms with Gasteiger partial charge in [0.15, 0.2) is 0 Å². The minimum Gasteiger partial charge on any atom is -0.372 e. The lowest BCUT2D eigenvalue weighted by Crippen LogP contribution is -2.34. The Morgan fingerprint density at radius 1 is 1.42 bits per heavy atom. The Labute approximate surface area is 113 Å². The van der Waals surface area contributed by atoms with Crippen LogP contribution in [0.2, 0.25) is 0 Å². The van der Waals surface area contributed by atoms with Crippen LogP contribution in [0.4, 0.5) is 5.82 Å². The number of piperidine rings is 1. The fourth-order valence-electron chi connectivity index (χ4n) is 2.00. The van der Waals surface area contributed by atoms with Gasteiger partial charge in [-0.15, -0.1) is 0 Å². The van der Waals surface area contributed by atoms with E-state index in [0.29, 0.717) is 12.3 Å². The van der Waals surface area contributed by atoms with Crippen molar-refractivity contribution in [3.63, 3.8) is 0 Å². The van der Waals surface area contributed by atoms with Gasteiger partial charge in [0.1, 0.15) is 18.1 Å². The molecule has 19 heavy (non-hydrogen) atoms. The van der Waals surface area contributed by atoms with E-state index in [1.165, 1.54) is 0 Å². The third-order valence-corrected chi connectivity index (χ3v) is 3.06. The van der Waals surface area contributed by atoms with Gasteiger partial charge in [0.25, 0.3) is 0 Å². The van der Waals surface area contributed by atoms with Gasteiger partial charge in [-0.25, -0.2) is 4.98 Å². The lowest BCUT2D eigenvalue weighted by molar-refractivity contribution is 0.240. The molecule has 0 unspecified atom stereocenters. The number of nitriles is 1. The first kappa shape index (κ1) is 13.3. The number of aromatic nitrogens is 2. The van der Waals surface area contributed by atoms with Gasteiger partial charge in [-0.1, -0.05) is 5.92 Å². The van der Waals surface area contributed by atoms with E-state index in [1.807, 2.05) is 0 Å². The van der Waals surface area contributed by atoms with Crippen LogP contribution in [0.25, 0.3) is 0 Å². The van der Waals surface area contributed by atoms with Crippen molar-refractivity contribution in [2.75, 3.05) is 31.7 Å². The Kier molecular flexibility index (Phi) is 4.72. The minimum atomic E-state index is 0.175. The van der Waals surface area contributed by atoms with Crippen molar-refractivity contribution in [1.29, 1.82) is 5.26 Å². The highest BCUT2D eigenvalue weighted by molar-refractivity contribution is 5.40. The zero-order valence-corrected chi connectivity index (χ0v) is 11.0. The Morgan fingerprint density at radius 3 is 2.89 bits per heavy atom. The number of nitrogens with zero attached hydrogens (tertiary/aromatic N) is 4. The Morgan fingerprint density at radius 2 is 2.21 bits per heavy atom. The second-order valence-corrected chi connectivity index (χ2v) is 4.39. The van der Waals surface area contributed by atoms with E-state index in [9.17, 15) is 0 Å². The molecule has 0 bridgehead atoms. The largest absolute Gasteiger partial charge is 0.372 e. The summed E-state index contributed by atoms with van der Waals surface area (Å²) in [6.45, 7) is 2.09. The average Bonchev–Trinajstić information content (AvgIpc) is 2.48. The fraction of sp³-hybridized carbons (Fsp3) is 0.500. The van der Waals surface area contributed by atoms with Crippen LogP contribution in [0.3, 0.4) is 0 Å². The molecule has 0 radical (unpaired) electrons. The van der Waals surface area contributed by atoms with Crippen molar-refractivity contribution < 1.29 is 4.74 Å². The number of anilines is 1. The maximum Gasteiger partial charge on any atom is 0.148 e. The number of rotatable bonds is 2. The van der Waals surface area contributed by atoms with E-state index >= 15 is 0 Å². The molecule has 1 aliphatic rings. The molecule has 2 heterocycles. The van der Waals surface area contributed by atoms with Crippen molar-refractivity contribution in [2.45, 2.75) is 12.8 Å². The molecular weight excluding hydrogens is 240 g/mol. The van der Waals surface area contributed by atoms with Gasteiger partial charge >= 0.3 is 0 Å². The average molecular weight is 256 g/mol. The van der Waals surface area contributed by atoms with Gasteiger partial charge in [0.2, 0.25) is 0 Å². The summed E-state index contributed by atoms with van der Waals surface area (Å²) < 4.78 is 4.87. The molecule has 1 fully saturated rings. The third kappa shape index (κ3) is 3.67. The summed E-state index contributed by atoms with van der Waals surface area (Å²) in [7, 11) is 1.61. The predicted molar refractivity (Wildman–Crippen MR) is 71.3 cm³/mol. The number of ether oxygens (including phenoxy) is 1. The monoisotopic (exact) mass is 256 g/mol. The molecule has 1 aromatic rings. The van der Waals surface area contributed by atoms with Crippen molar-refractivity contribution in [3.05, 3.63) is 18.1 Å². The smallest absolute Gasteiger partial charge is 0.148 e. The Balaban J connectivity index is 2.04. The number of hydrogen-bond donors (Lipinski definition) is 0. The summed E-state index contributed by atoms with van der Waals surface area (Å²) in [6.07, 6.45) is 5.16. The molecule has 5 nitrogen and oxygen atoms in total. The Hall–Kier alpha value is -2.11.